The smallest absolute Gasteiger partial charge is 0.266 e. The zero-order chi connectivity index (χ0) is 19.8. The number of carbonyl (C=O) groups excluding carboxylic acids is 2. The van der Waals surface area contributed by atoms with Crippen LogP contribution in [0, 0.1) is 0 Å². The summed E-state index contributed by atoms with van der Waals surface area (Å²) in [4.78, 5) is 26.8. The molecule has 2 heterocycles. The molecule has 0 spiro atoms. The molecule has 3 rings (SSSR count). The van der Waals surface area contributed by atoms with E-state index in [4.69, 9.17) is 23.8 Å². The third kappa shape index (κ3) is 4.43. The summed E-state index contributed by atoms with van der Waals surface area (Å²) in [6.07, 6.45) is 3.06. The molecule has 0 aliphatic carbocycles. The number of nitrogens with zero attached hydrogens (tertiary/aromatic N) is 1. The van der Waals surface area contributed by atoms with Gasteiger partial charge in [0.1, 0.15) is 10.4 Å². The Labute approximate surface area is 171 Å². The number of nitrogens with one attached hydrogen (secondary N) is 1. The van der Waals surface area contributed by atoms with Gasteiger partial charge in [0.25, 0.3) is 5.91 Å². The second-order valence-corrected chi connectivity index (χ2v) is 10.0. The third-order valence-corrected chi connectivity index (χ3v) is 7.11. The molecule has 10 heteroatoms. The molecule has 142 valence electrons. The van der Waals surface area contributed by atoms with Gasteiger partial charge in [0.2, 0.25) is 5.91 Å². The van der Waals surface area contributed by atoms with Gasteiger partial charge in [-0.3, -0.25) is 14.5 Å². The van der Waals surface area contributed by atoms with Crippen LogP contribution in [-0.4, -0.2) is 47.3 Å². The number of amides is 2. The van der Waals surface area contributed by atoms with Gasteiger partial charge in [0.05, 0.1) is 16.7 Å². The van der Waals surface area contributed by atoms with Crippen LogP contribution in [0.15, 0.2) is 40.7 Å². The van der Waals surface area contributed by atoms with E-state index >= 15 is 0 Å². The first kappa shape index (κ1) is 20.1. The van der Waals surface area contributed by atoms with E-state index in [0.717, 1.165) is 17.2 Å². The van der Waals surface area contributed by atoms with Gasteiger partial charge in [-0.15, -0.1) is 0 Å². The average molecular weight is 443 g/mol. The summed E-state index contributed by atoms with van der Waals surface area (Å²) in [5.41, 5.74) is 0.679. The summed E-state index contributed by atoms with van der Waals surface area (Å²) in [6.45, 7) is 1.55. The van der Waals surface area contributed by atoms with Gasteiger partial charge < -0.3 is 5.32 Å². The first-order valence-corrected chi connectivity index (χ1v) is 11.2. The van der Waals surface area contributed by atoms with Crippen molar-refractivity contribution in [1.29, 1.82) is 0 Å². The van der Waals surface area contributed by atoms with Gasteiger partial charge in [0, 0.05) is 10.4 Å². The van der Waals surface area contributed by atoms with E-state index in [2.05, 4.69) is 5.32 Å². The van der Waals surface area contributed by atoms with Crippen LogP contribution in [0.25, 0.3) is 6.08 Å². The maximum atomic E-state index is 12.7. The minimum absolute atomic E-state index is 0.184. The number of hydrogen-bond donors (Lipinski definition) is 1. The molecule has 0 bridgehead atoms. The lowest BCUT2D eigenvalue weighted by atomic mass is 10.2. The molecule has 1 aromatic rings. The van der Waals surface area contributed by atoms with E-state index in [1.165, 1.54) is 11.0 Å². The normalized spacial score (nSPS) is 23.9. The highest BCUT2D eigenvalue weighted by Gasteiger charge is 2.39. The molecule has 2 atom stereocenters. The van der Waals surface area contributed by atoms with E-state index in [1.807, 2.05) is 0 Å². The highest BCUT2D eigenvalue weighted by Crippen LogP contribution is 2.35. The number of sulfone groups is 1. The van der Waals surface area contributed by atoms with Gasteiger partial charge in [-0.05, 0) is 30.7 Å². The Morgan fingerprint density at radius 3 is 2.78 bits per heavy atom. The second-order valence-electron chi connectivity index (χ2n) is 6.02. The maximum Gasteiger partial charge on any atom is 0.266 e. The number of carbonyl (C=O) groups is 2. The lowest BCUT2D eigenvalue weighted by Crippen LogP contribution is -2.49. The van der Waals surface area contributed by atoms with E-state index in [0.29, 0.717) is 15.5 Å². The van der Waals surface area contributed by atoms with Crippen molar-refractivity contribution >= 4 is 67.6 Å². The summed E-state index contributed by atoms with van der Waals surface area (Å²) < 4.78 is 23.2. The number of thiocarbonyl (C=S) groups is 1. The monoisotopic (exact) mass is 442 g/mol. The quantitative estimate of drug-likeness (QED) is 0.569. The van der Waals surface area contributed by atoms with E-state index < -0.39 is 27.8 Å². The van der Waals surface area contributed by atoms with Crippen LogP contribution in [0.1, 0.15) is 12.5 Å². The molecular weight excluding hydrogens is 428 g/mol. The largest absolute Gasteiger partial charge is 0.347 e. The topological polar surface area (TPSA) is 83.6 Å². The number of halogens is 1. The van der Waals surface area contributed by atoms with Gasteiger partial charge in [-0.1, -0.05) is 53.8 Å². The number of hydrogen-bond acceptors (Lipinski definition) is 6. The second kappa shape index (κ2) is 7.75. The van der Waals surface area contributed by atoms with Crippen LogP contribution < -0.4 is 5.32 Å². The fourth-order valence-corrected chi connectivity index (χ4v) is 5.47. The summed E-state index contributed by atoms with van der Waals surface area (Å²) >= 11 is 12.5. The Hall–Kier alpha value is -1.68. The molecule has 1 saturated heterocycles. The molecule has 1 fully saturated rings. The van der Waals surface area contributed by atoms with E-state index in [9.17, 15) is 18.0 Å². The van der Waals surface area contributed by atoms with Crippen molar-refractivity contribution in [1.82, 2.24) is 10.2 Å². The minimum Gasteiger partial charge on any atom is -0.347 e. The highest BCUT2D eigenvalue weighted by atomic mass is 35.5. The molecule has 0 aromatic heterocycles. The van der Waals surface area contributed by atoms with Crippen LogP contribution >= 0.6 is 35.6 Å². The van der Waals surface area contributed by atoms with Crippen LogP contribution in [-0.2, 0) is 19.4 Å². The molecule has 2 aliphatic heterocycles. The summed E-state index contributed by atoms with van der Waals surface area (Å²) in [6, 6.07) is 5.60. The number of thioether (sulfide) groups is 1. The van der Waals surface area contributed by atoms with Crippen molar-refractivity contribution < 1.29 is 18.0 Å². The molecule has 2 amide bonds. The van der Waals surface area contributed by atoms with Gasteiger partial charge in [0.15, 0.2) is 9.84 Å². The molecule has 6 nitrogen and oxygen atoms in total. The molecule has 0 unspecified atom stereocenters. The van der Waals surface area contributed by atoms with Crippen molar-refractivity contribution in [2.75, 3.05) is 5.75 Å². The predicted octanol–water partition coefficient (Wildman–Crippen LogP) is 2.36. The van der Waals surface area contributed by atoms with Gasteiger partial charge in [-0.2, -0.15) is 0 Å². The van der Waals surface area contributed by atoms with Crippen molar-refractivity contribution in [2.24, 2.45) is 0 Å². The Balaban J connectivity index is 1.74. The summed E-state index contributed by atoms with van der Waals surface area (Å²) in [5, 5.41) is 4.20. The Kier molecular flexibility index (Phi) is 5.76. The number of rotatable bonds is 4. The third-order valence-electron chi connectivity index (χ3n) is 4.04. The standard InChI is InChI=1S/C17H15ClN2O4S3/c1-10(15(21)19-12-6-7-27(23,24)9-12)20-16(22)14(26-17(20)25)8-11-4-2-3-5-13(11)18/h2-8,10,12H,9H2,1H3,(H,19,21)/b14-8-/t10-,12+/m1/s1. The van der Waals surface area contributed by atoms with Crippen LogP contribution in [0.2, 0.25) is 5.02 Å². The maximum absolute atomic E-state index is 12.7. The molecular formula is C17H15ClN2O4S3. The molecule has 0 radical (unpaired) electrons. The Morgan fingerprint density at radius 2 is 2.15 bits per heavy atom. The number of benzene rings is 1. The van der Waals surface area contributed by atoms with Crippen molar-refractivity contribution in [3.63, 3.8) is 0 Å². The average Bonchev–Trinajstić information content (AvgIpc) is 3.07. The van der Waals surface area contributed by atoms with Crippen molar-refractivity contribution in [2.45, 2.75) is 19.0 Å². The minimum atomic E-state index is -3.28. The lowest BCUT2D eigenvalue weighted by Gasteiger charge is -2.23. The Morgan fingerprint density at radius 1 is 1.44 bits per heavy atom. The first-order valence-electron chi connectivity index (χ1n) is 7.91. The molecule has 1 N–H and O–H groups in total. The highest BCUT2D eigenvalue weighted by molar-refractivity contribution is 8.26. The fourth-order valence-electron chi connectivity index (χ4n) is 2.63. The van der Waals surface area contributed by atoms with Crippen LogP contribution in [0.4, 0.5) is 0 Å². The van der Waals surface area contributed by atoms with Crippen LogP contribution in [0.3, 0.4) is 0 Å². The molecule has 27 heavy (non-hydrogen) atoms. The lowest BCUT2D eigenvalue weighted by molar-refractivity contribution is -0.132. The van der Waals surface area contributed by atoms with E-state index in [-0.39, 0.29) is 16.0 Å². The fraction of sp³-hybridized carbons (Fsp3) is 0.235. The summed E-state index contributed by atoms with van der Waals surface area (Å²) in [5.74, 6) is -1.05. The van der Waals surface area contributed by atoms with Crippen LogP contribution in [0.5, 0.6) is 0 Å². The van der Waals surface area contributed by atoms with E-state index in [1.54, 1.807) is 37.3 Å². The Bertz CT molecular complexity index is 988. The first-order chi connectivity index (χ1) is 12.7. The zero-order valence-corrected chi connectivity index (χ0v) is 17.3. The predicted molar refractivity (Wildman–Crippen MR) is 111 cm³/mol. The van der Waals surface area contributed by atoms with Crippen molar-refractivity contribution in [3.8, 4) is 0 Å². The molecule has 2 aliphatic rings. The molecule has 1 aromatic carbocycles. The van der Waals surface area contributed by atoms with Gasteiger partial charge >= 0.3 is 0 Å². The van der Waals surface area contributed by atoms with Gasteiger partial charge in [-0.25, -0.2) is 8.42 Å². The summed E-state index contributed by atoms with van der Waals surface area (Å²) in [7, 11) is -3.28. The van der Waals surface area contributed by atoms with Crippen molar-refractivity contribution in [3.05, 3.63) is 51.2 Å². The SMILES string of the molecule is C[C@H](C(=O)N[C@H]1C=CS(=O)(=O)C1)N1C(=O)/C(=C/c2ccccc2Cl)SC1=S. The molecule has 0 saturated carbocycles. The zero-order valence-electron chi connectivity index (χ0n) is 14.1.